The number of allylic oxidation sites excluding steroid dienone is 1. The minimum atomic E-state index is -0.763. The molecule has 1 aliphatic heterocycles. The molecule has 2 aliphatic carbocycles. The van der Waals surface area contributed by atoms with Gasteiger partial charge in [-0.15, -0.1) is 0 Å². The lowest BCUT2D eigenvalue weighted by atomic mass is 9.56. The molecule has 1 heterocycles. The van der Waals surface area contributed by atoms with Crippen molar-refractivity contribution < 1.29 is 38.0 Å². The average molecular weight is 410 g/mol. The lowest BCUT2D eigenvalue weighted by Gasteiger charge is -2.52. The van der Waals surface area contributed by atoms with Gasteiger partial charge in [-0.25, -0.2) is 9.59 Å². The van der Waals surface area contributed by atoms with Crippen LogP contribution in [0.2, 0.25) is 0 Å². The summed E-state index contributed by atoms with van der Waals surface area (Å²) in [5.41, 5.74) is 0.463. The minimum absolute atomic E-state index is 0.0805. The summed E-state index contributed by atoms with van der Waals surface area (Å²) in [6.45, 7) is 11.3. The van der Waals surface area contributed by atoms with Gasteiger partial charge >= 0.3 is 12.3 Å². The summed E-state index contributed by atoms with van der Waals surface area (Å²) in [5, 5.41) is 0. The summed E-state index contributed by atoms with van der Waals surface area (Å²) in [5.74, 6) is -0.348. The predicted molar refractivity (Wildman–Crippen MR) is 102 cm³/mol. The van der Waals surface area contributed by atoms with Crippen molar-refractivity contribution in [1.82, 2.24) is 0 Å². The molecule has 3 rings (SSSR count). The molecule has 5 atom stereocenters. The van der Waals surface area contributed by atoms with Gasteiger partial charge in [-0.05, 0) is 32.8 Å². The zero-order chi connectivity index (χ0) is 21.4. The highest BCUT2D eigenvalue weighted by molar-refractivity contribution is 5.62. The van der Waals surface area contributed by atoms with E-state index in [0.717, 1.165) is 5.57 Å². The van der Waals surface area contributed by atoms with Crippen LogP contribution in [0.3, 0.4) is 0 Å². The summed E-state index contributed by atoms with van der Waals surface area (Å²) in [6, 6.07) is 0. The lowest BCUT2D eigenvalue weighted by molar-refractivity contribution is -0.151. The Balaban J connectivity index is 1.93. The molecule has 162 valence electrons. The zero-order valence-electron chi connectivity index (χ0n) is 17.7. The van der Waals surface area contributed by atoms with Crippen molar-refractivity contribution in [2.45, 2.75) is 71.1 Å². The van der Waals surface area contributed by atoms with Crippen molar-refractivity contribution in [3.8, 4) is 0 Å². The Morgan fingerprint density at radius 2 is 1.97 bits per heavy atom. The first-order chi connectivity index (χ1) is 13.6. The Bertz CT molecular complexity index is 711. The SMILES string of the molecule is C=CCOC(=O)OC1=C(C)[C@H]2[C@@H]3OC(C)(C)O[C@H]3C[C@H](OC(=O)OC)[C@]2(C)CC1. The Kier molecular flexibility index (Phi) is 5.96. The molecule has 0 aromatic heterocycles. The van der Waals surface area contributed by atoms with Crippen molar-refractivity contribution in [2.24, 2.45) is 11.3 Å². The molecule has 1 saturated carbocycles. The van der Waals surface area contributed by atoms with Crippen LogP contribution in [0.15, 0.2) is 24.0 Å². The van der Waals surface area contributed by atoms with Crippen LogP contribution in [0.25, 0.3) is 0 Å². The fourth-order valence-electron chi connectivity index (χ4n) is 4.93. The normalized spacial score (nSPS) is 35.2. The van der Waals surface area contributed by atoms with Crippen molar-refractivity contribution in [2.75, 3.05) is 13.7 Å². The number of rotatable bonds is 4. The maximum absolute atomic E-state index is 12.0. The molecule has 2 fully saturated rings. The first-order valence-corrected chi connectivity index (χ1v) is 9.86. The molecule has 0 bridgehead atoms. The monoisotopic (exact) mass is 410 g/mol. The summed E-state index contributed by atoms with van der Waals surface area (Å²) >= 11 is 0. The van der Waals surface area contributed by atoms with E-state index in [-0.39, 0.29) is 24.7 Å². The highest BCUT2D eigenvalue weighted by Crippen LogP contribution is 2.57. The van der Waals surface area contributed by atoms with E-state index >= 15 is 0 Å². The van der Waals surface area contributed by atoms with Crippen molar-refractivity contribution in [3.05, 3.63) is 24.0 Å². The van der Waals surface area contributed by atoms with Crippen molar-refractivity contribution in [1.29, 1.82) is 0 Å². The van der Waals surface area contributed by atoms with Crippen LogP contribution in [-0.4, -0.2) is 50.1 Å². The largest absolute Gasteiger partial charge is 0.513 e. The van der Waals surface area contributed by atoms with Crippen LogP contribution in [0.5, 0.6) is 0 Å². The van der Waals surface area contributed by atoms with E-state index in [1.807, 2.05) is 20.8 Å². The standard InChI is InChI=1S/C21H30O8/c1-7-10-25-19(23)26-13-8-9-21(5)15(27-18(22)24-6)11-14-17(16(21)12(13)2)29-20(3,4)28-14/h7,14-17H,1,8-11H2,2-6H3/t14-,15-,16-,17+,21-/m0/s1. The molecule has 8 nitrogen and oxygen atoms in total. The molecule has 0 radical (unpaired) electrons. The third kappa shape index (κ3) is 4.14. The highest BCUT2D eigenvalue weighted by atomic mass is 16.8. The Labute approximate surface area is 171 Å². The smallest absolute Gasteiger partial charge is 0.438 e. The molecular formula is C21H30O8. The number of methoxy groups -OCH3 is 1. The van der Waals surface area contributed by atoms with Crippen molar-refractivity contribution in [3.63, 3.8) is 0 Å². The molecule has 29 heavy (non-hydrogen) atoms. The Morgan fingerprint density at radius 3 is 2.62 bits per heavy atom. The van der Waals surface area contributed by atoms with Gasteiger partial charge in [0.05, 0.1) is 19.3 Å². The van der Waals surface area contributed by atoms with Gasteiger partial charge in [0, 0.05) is 24.2 Å². The van der Waals surface area contributed by atoms with Crippen LogP contribution in [0.1, 0.15) is 47.0 Å². The number of fused-ring (bicyclic) bond motifs is 3. The number of hydrogen-bond acceptors (Lipinski definition) is 8. The first kappa shape index (κ1) is 21.6. The molecule has 0 amide bonds. The third-order valence-corrected chi connectivity index (χ3v) is 6.17. The molecule has 0 aromatic rings. The first-order valence-electron chi connectivity index (χ1n) is 9.86. The molecule has 3 aliphatic rings. The third-order valence-electron chi connectivity index (χ3n) is 6.17. The highest BCUT2D eigenvalue weighted by Gasteiger charge is 2.61. The molecular weight excluding hydrogens is 380 g/mol. The Hall–Kier alpha value is -2.06. The van der Waals surface area contributed by atoms with Crippen LogP contribution in [-0.2, 0) is 28.4 Å². The number of carbonyl (C=O) groups excluding carboxylic acids is 2. The topological polar surface area (TPSA) is 89.5 Å². The molecule has 0 aromatic carbocycles. The molecule has 0 N–H and O–H groups in total. The van der Waals surface area contributed by atoms with E-state index in [1.54, 1.807) is 0 Å². The van der Waals surface area contributed by atoms with Crippen LogP contribution in [0.4, 0.5) is 9.59 Å². The van der Waals surface area contributed by atoms with E-state index < -0.39 is 29.6 Å². The van der Waals surface area contributed by atoms with Gasteiger partial charge in [0.25, 0.3) is 0 Å². The molecule has 0 unspecified atom stereocenters. The van der Waals surface area contributed by atoms with E-state index in [1.165, 1.54) is 13.2 Å². The fraction of sp³-hybridized carbons (Fsp3) is 0.714. The van der Waals surface area contributed by atoms with E-state index in [9.17, 15) is 9.59 Å². The predicted octanol–water partition coefficient (Wildman–Crippen LogP) is 4.09. The second-order valence-corrected chi connectivity index (χ2v) is 8.48. The molecule has 0 spiro atoms. The maximum Gasteiger partial charge on any atom is 0.513 e. The van der Waals surface area contributed by atoms with E-state index in [2.05, 4.69) is 13.5 Å². The van der Waals surface area contributed by atoms with Gasteiger partial charge < -0.3 is 28.4 Å². The van der Waals surface area contributed by atoms with Gasteiger partial charge in [0.2, 0.25) is 0 Å². The quantitative estimate of drug-likeness (QED) is 0.506. The minimum Gasteiger partial charge on any atom is -0.438 e. The van der Waals surface area contributed by atoms with Gasteiger partial charge in [-0.3, -0.25) is 0 Å². The van der Waals surface area contributed by atoms with Gasteiger partial charge in [0.15, 0.2) is 5.79 Å². The van der Waals surface area contributed by atoms with Crippen molar-refractivity contribution >= 4 is 12.3 Å². The Morgan fingerprint density at radius 1 is 1.24 bits per heavy atom. The van der Waals surface area contributed by atoms with Crippen LogP contribution < -0.4 is 0 Å². The fourth-order valence-corrected chi connectivity index (χ4v) is 4.93. The summed E-state index contributed by atoms with van der Waals surface area (Å²) in [4.78, 5) is 23.9. The van der Waals surface area contributed by atoms with Gasteiger partial charge in [-0.2, -0.15) is 0 Å². The average Bonchev–Trinajstić information content (AvgIpc) is 2.96. The van der Waals surface area contributed by atoms with Crippen LogP contribution in [0, 0.1) is 11.3 Å². The second-order valence-electron chi connectivity index (χ2n) is 8.48. The zero-order valence-corrected chi connectivity index (χ0v) is 17.7. The van der Waals surface area contributed by atoms with Gasteiger partial charge in [-0.1, -0.05) is 19.6 Å². The van der Waals surface area contributed by atoms with Gasteiger partial charge in [0.1, 0.15) is 18.5 Å². The summed E-state index contributed by atoms with van der Waals surface area (Å²) < 4.78 is 33.1. The molecule has 8 heteroatoms. The number of carbonyl (C=O) groups is 2. The number of hydrogen-bond donors (Lipinski definition) is 0. The number of ether oxygens (including phenoxy) is 6. The van der Waals surface area contributed by atoms with E-state index in [4.69, 9.17) is 28.4 Å². The maximum atomic E-state index is 12.0. The molecule has 1 saturated heterocycles. The summed E-state index contributed by atoms with van der Waals surface area (Å²) in [7, 11) is 1.29. The summed E-state index contributed by atoms with van der Waals surface area (Å²) in [6.07, 6.45) is 0.773. The van der Waals surface area contributed by atoms with E-state index in [0.29, 0.717) is 25.0 Å². The lowest BCUT2D eigenvalue weighted by Crippen LogP contribution is -2.57. The van der Waals surface area contributed by atoms with Crippen LogP contribution >= 0.6 is 0 Å². The second kappa shape index (κ2) is 7.99.